The van der Waals surface area contributed by atoms with Crippen molar-refractivity contribution < 1.29 is 59.7 Å². The van der Waals surface area contributed by atoms with Crippen molar-refractivity contribution in [2.45, 2.75) is 37.0 Å². The van der Waals surface area contributed by atoms with Gasteiger partial charge in [0.2, 0.25) is 5.91 Å². The molecule has 17 N–H and O–H groups in total. The predicted octanol–water partition coefficient (Wildman–Crippen LogP) is -6.16. The number of amides is 1. The number of primary amides is 1. The number of hydrogen-bond acceptors (Lipinski definition) is 12. The molecule has 1 amide bonds. The molecular formula is C14H31N5O12. The van der Waals surface area contributed by atoms with Gasteiger partial charge in [-0.25, -0.2) is 0 Å². The monoisotopic (exact) mass is 461 g/mol. The summed E-state index contributed by atoms with van der Waals surface area (Å²) in [5.74, 6) is -5.18. The maximum atomic E-state index is 10.1. The number of aliphatic carboxylic acids is 4. The molecule has 0 aliphatic rings. The SMILES string of the molecule is NC(=O)CC[C@H](N)C(=O)O.N[C@@H](CO)C(=O)O.N[C@@H](CO)C(=O)O.N[C@@H](CO)C(=O)O. The Hall–Kier alpha value is -2.93. The van der Waals surface area contributed by atoms with Crippen molar-refractivity contribution in [1.82, 2.24) is 0 Å². The number of carbonyl (C=O) groups is 5. The molecule has 0 aliphatic heterocycles. The van der Waals surface area contributed by atoms with Gasteiger partial charge in [-0.05, 0) is 6.42 Å². The fourth-order valence-electron chi connectivity index (χ4n) is 0.656. The second kappa shape index (κ2) is 21.8. The molecule has 0 rings (SSSR count). The van der Waals surface area contributed by atoms with Crippen LogP contribution < -0.4 is 28.7 Å². The Morgan fingerprint density at radius 1 is 0.548 bits per heavy atom. The van der Waals surface area contributed by atoms with Gasteiger partial charge in [0.15, 0.2) is 0 Å². The Bertz CT molecular complexity index is 500. The quantitative estimate of drug-likeness (QED) is 0.144. The van der Waals surface area contributed by atoms with Crippen molar-refractivity contribution in [2.75, 3.05) is 19.8 Å². The van der Waals surface area contributed by atoms with Crippen LogP contribution in [0.3, 0.4) is 0 Å². The number of hydrogen-bond donors (Lipinski definition) is 12. The van der Waals surface area contributed by atoms with E-state index in [4.69, 9.17) is 64.4 Å². The van der Waals surface area contributed by atoms with Gasteiger partial charge in [0.25, 0.3) is 0 Å². The van der Waals surface area contributed by atoms with Crippen LogP contribution in [0.5, 0.6) is 0 Å². The third kappa shape index (κ3) is 29.4. The molecular weight excluding hydrogens is 430 g/mol. The van der Waals surface area contributed by atoms with Gasteiger partial charge >= 0.3 is 23.9 Å². The maximum Gasteiger partial charge on any atom is 0.322 e. The average molecular weight is 461 g/mol. The fourth-order valence-corrected chi connectivity index (χ4v) is 0.656. The van der Waals surface area contributed by atoms with Crippen LogP contribution >= 0.6 is 0 Å². The number of carboxylic acids is 4. The number of carboxylic acid groups (broad SMARTS) is 4. The van der Waals surface area contributed by atoms with E-state index in [1.54, 1.807) is 0 Å². The van der Waals surface area contributed by atoms with Gasteiger partial charge in [-0.3, -0.25) is 24.0 Å². The molecule has 4 atom stereocenters. The normalized spacial score (nSPS) is 13.1. The van der Waals surface area contributed by atoms with Crippen molar-refractivity contribution in [1.29, 1.82) is 0 Å². The molecule has 0 fully saturated rings. The number of aliphatic hydroxyl groups excluding tert-OH is 3. The van der Waals surface area contributed by atoms with Gasteiger partial charge in [0.1, 0.15) is 24.2 Å². The molecule has 0 aromatic carbocycles. The van der Waals surface area contributed by atoms with E-state index >= 15 is 0 Å². The largest absolute Gasteiger partial charge is 0.480 e. The van der Waals surface area contributed by atoms with E-state index in [1.165, 1.54) is 0 Å². The number of nitrogens with two attached hydrogens (primary N) is 5. The zero-order valence-corrected chi connectivity index (χ0v) is 16.4. The van der Waals surface area contributed by atoms with Gasteiger partial charge in [0, 0.05) is 6.42 Å². The summed E-state index contributed by atoms with van der Waals surface area (Å²) in [6.45, 7) is -1.51. The molecule has 0 aromatic heterocycles. The standard InChI is InChI=1S/C5H10N2O3.3C3H7NO3/c6-3(5(9)10)1-2-4(7)8;3*4-2(1-5)3(6)7/h3H,1-2,6H2,(H2,7,8)(H,9,10);3*2,5H,1,4H2,(H,6,7)/t3-;3*2-/m0000/s1. The van der Waals surface area contributed by atoms with Gasteiger partial charge in [0.05, 0.1) is 19.8 Å². The zero-order chi connectivity index (χ0) is 25.7. The molecule has 17 heteroatoms. The van der Waals surface area contributed by atoms with Gasteiger partial charge in [-0.2, -0.15) is 0 Å². The molecule has 17 nitrogen and oxygen atoms in total. The summed E-state index contributed by atoms with van der Waals surface area (Å²) in [7, 11) is 0. The summed E-state index contributed by atoms with van der Waals surface area (Å²) >= 11 is 0. The van der Waals surface area contributed by atoms with Gasteiger partial charge < -0.3 is 64.4 Å². The Kier molecular flexibility index (Phi) is 24.9. The van der Waals surface area contributed by atoms with Crippen LogP contribution in [0.4, 0.5) is 0 Å². The number of aliphatic hydroxyl groups is 3. The molecule has 31 heavy (non-hydrogen) atoms. The van der Waals surface area contributed by atoms with E-state index in [0.29, 0.717) is 0 Å². The predicted molar refractivity (Wildman–Crippen MR) is 102 cm³/mol. The highest BCUT2D eigenvalue weighted by Gasteiger charge is 2.11. The summed E-state index contributed by atoms with van der Waals surface area (Å²) in [4.78, 5) is 49.1. The first-order valence-electron chi connectivity index (χ1n) is 8.13. The van der Waals surface area contributed by atoms with Crippen molar-refractivity contribution in [2.24, 2.45) is 28.7 Å². The first-order valence-corrected chi connectivity index (χ1v) is 8.13. The first kappa shape index (κ1) is 35.5. The van der Waals surface area contributed by atoms with Crippen LogP contribution in [0.1, 0.15) is 12.8 Å². The smallest absolute Gasteiger partial charge is 0.322 e. The Balaban J connectivity index is -0.000000159. The molecule has 0 unspecified atom stereocenters. The summed E-state index contributed by atoms with van der Waals surface area (Å²) in [6, 6.07) is -4.35. The Labute approximate surface area is 176 Å². The molecule has 0 heterocycles. The van der Waals surface area contributed by atoms with Crippen LogP contribution in [0, 0.1) is 0 Å². The zero-order valence-electron chi connectivity index (χ0n) is 16.4. The second-order valence-electron chi connectivity index (χ2n) is 5.33. The first-order chi connectivity index (χ1) is 14.1. The van der Waals surface area contributed by atoms with Crippen LogP contribution in [0.15, 0.2) is 0 Å². The third-order valence-corrected chi connectivity index (χ3v) is 2.56. The summed E-state index contributed by atoms with van der Waals surface area (Å²) in [5, 5.41) is 55.9. The Morgan fingerprint density at radius 2 is 0.774 bits per heavy atom. The lowest BCUT2D eigenvalue weighted by Crippen LogP contribution is -2.33. The van der Waals surface area contributed by atoms with Crippen LogP contribution in [0.2, 0.25) is 0 Å². The van der Waals surface area contributed by atoms with Crippen LogP contribution in [-0.2, 0) is 24.0 Å². The van der Waals surface area contributed by atoms with E-state index in [9.17, 15) is 24.0 Å². The lowest BCUT2D eigenvalue weighted by Gasteiger charge is -2.01. The molecule has 0 bridgehead atoms. The summed E-state index contributed by atoms with van der Waals surface area (Å²) in [6.07, 6.45) is 0.123. The maximum absolute atomic E-state index is 10.1. The summed E-state index contributed by atoms with van der Waals surface area (Å²) in [5.41, 5.74) is 24.1. The van der Waals surface area contributed by atoms with Crippen molar-refractivity contribution in [3.8, 4) is 0 Å². The molecule has 0 spiro atoms. The van der Waals surface area contributed by atoms with Crippen molar-refractivity contribution >= 4 is 29.8 Å². The molecule has 0 radical (unpaired) electrons. The average Bonchev–Trinajstić information content (AvgIpc) is 2.70. The highest BCUT2D eigenvalue weighted by atomic mass is 16.4. The summed E-state index contributed by atoms with van der Waals surface area (Å²) < 4.78 is 0. The van der Waals surface area contributed by atoms with E-state index in [2.05, 4.69) is 0 Å². The highest BCUT2D eigenvalue weighted by molar-refractivity contribution is 5.77. The van der Waals surface area contributed by atoms with E-state index in [-0.39, 0.29) is 12.8 Å². The van der Waals surface area contributed by atoms with Crippen molar-refractivity contribution in [3.05, 3.63) is 0 Å². The molecule has 0 saturated heterocycles. The molecule has 0 aromatic rings. The number of rotatable bonds is 10. The minimum Gasteiger partial charge on any atom is -0.480 e. The lowest BCUT2D eigenvalue weighted by atomic mass is 10.2. The third-order valence-electron chi connectivity index (χ3n) is 2.56. The van der Waals surface area contributed by atoms with E-state index in [1.807, 2.05) is 0 Å². The second-order valence-corrected chi connectivity index (χ2v) is 5.33. The van der Waals surface area contributed by atoms with Crippen LogP contribution in [0.25, 0.3) is 0 Å². The molecule has 0 saturated carbocycles. The Morgan fingerprint density at radius 3 is 0.871 bits per heavy atom. The lowest BCUT2D eigenvalue weighted by molar-refractivity contribution is -0.140. The minimum atomic E-state index is -1.18. The van der Waals surface area contributed by atoms with E-state index < -0.39 is 73.8 Å². The molecule has 0 aliphatic carbocycles. The van der Waals surface area contributed by atoms with Crippen molar-refractivity contribution in [3.63, 3.8) is 0 Å². The van der Waals surface area contributed by atoms with Gasteiger partial charge in [-0.1, -0.05) is 0 Å². The fraction of sp³-hybridized carbons (Fsp3) is 0.643. The molecule has 184 valence electrons. The topological polar surface area (TPSA) is 357 Å². The number of carbonyl (C=O) groups excluding carboxylic acids is 1. The van der Waals surface area contributed by atoms with Crippen LogP contribution in [-0.4, -0.2) is 110 Å². The van der Waals surface area contributed by atoms with E-state index in [0.717, 1.165) is 0 Å². The highest BCUT2D eigenvalue weighted by Crippen LogP contribution is 1.92. The van der Waals surface area contributed by atoms with Gasteiger partial charge in [-0.15, -0.1) is 0 Å². The minimum absolute atomic E-state index is 0.0213.